The summed E-state index contributed by atoms with van der Waals surface area (Å²) in [6, 6.07) is 8.29. The molecule has 0 fully saturated rings. The first kappa shape index (κ1) is 14.7. The van der Waals surface area contributed by atoms with Crippen LogP contribution in [0.1, 0.15) is 36.6 Å². The van der Waals surface area contributed by atoms with Crippen molar-refractivity contribution >= 4 is 22.4 Å². The summed E-state index contributed by atoms with van der Waals surface area (Å²) < 4.78 is 0. The third kappa shape index (κ3) is 3.67. The Hall–Kier alpha value is -1.68. The molecule has 0 spiro atoms. The van der Waals surface area contributed by atoms with Gasteiger partial charge in [-0.15, -0.1) is 11.3 Å². The highest BCUT2D eigenvalue weighted by Gasteiger charge is 2.11. The third-order valence-electron chi connectivity index (χ3n) is 3.13. The van der Waals surface area contributed by atoms with E-state index in [-0.39, 0.29) is 5.91 Å². The summed E-state index contributed by atoms with van der Waals surface area (Å²) in [6.07, 6.45) is 2.51. The summed E-state index contributed by atoms with van der Waals surface area (Å²) in [7, 11) is 0. The molecule has 1 aromatic carbocycles. The van der Waals surface area contributed by atoms with E-state index in [0.29, 0.717) is 11.6 Å². The number of benzene rings is 1. The molecule has 0 aliphatic rings. The van der Waals surface area contributed by atoms with Gasteiger partial charge in [0.1, 0.15) is 0 Å². The molecule has 1 heterocycles. The van der Waals surface area contributed by atoms with E-state index in [1.165, 1.54) is 16.9 Å². The zero-order valence-corrected chi connectivity index (χ0v) is 13.0. The lowest BCUT2D eigenvalue weighted by Crippen LogP contribution is -2.10. The standard InChI is InChI=1S/C16H20N2OS/c1-4-5-6-14(19)17-16-18-15(12(3)20-16)13-9-7-11(2)8-10-13/h7-10H,4-6H2,1-3H3,(H,17,18,19). The highest BCUT2D eigenvalue weighted by atomic mass is 32.1. The third-order valence-corrected chi connectivity index (χ3v) is 4.01. The molecule has 0 aliphatic carbocycles. The van der Waals surface area contributed by atoms with Gasteiger partial charge in [0.25, 0.3) is 0 Å². The van der Waals surface area contributed by atoms with Crippen LogP contribution in [0.4, 0.5) is 5.13 Å². The minimum Gasteiger partial charge on any atom is -0.302 e. The second-order valence-electron chi connectivity index (χ2n) is 4.94. The van der Waals surface area contributed by atoms with E-state index < -0.39 is 0 Å². The van der Waals surface area contributed by atoms with E-state index in [4.69, 9.17) is 0 Å². The van der Waals surface area contributed by atoms with Crippen molar-refractivity contribution < 1.29 is 4.79 Å². The predicted octanol–water partition coefficient (Wildman–Crippen LogP) is 4.56. The first-order valence-electron chi connectivity index (χ1n) is 6.94. The first-order chi connectivity index (χ1) is 9.60. The van der Waals surface area contributed by atoms with Crippen molar-refractivity contribution in [3.8, 4) is 11.3 Å². The Bertz CT molecular complexity index is 587. The summed E-state index contributed by atoms with van der Waals surface area (Å²) in [5.41, 5.74) is 3.29. The number of aromatic nitrogens is 1. The molecule has 0 saturated heterocycles. The number of rotatable bonds is 5. The summed E-state index contributed by atoms with van der Waals surface area (Å²) in [4.78, 5) is 17.4. The Morgan fingerprint density at radius 2 is 1.95 bits per heavy atom. The molecule has 20 heavy (non-hydrogen) atoms. The van der Waals surface area contributed by atoms with Crippen LogP contribution in [-0.4, -0.2) is 10.9 Å². The van der Waals surface area contributed by atoms with Gasteiger partial charge >= 0.3 is 0 Å². The molecular weight excluding hydrogens is 268 g/mol. The van der Waals surface area contributed by atoms with E-state index in [2.05, 4.69) is 48.4 Å². The van der Waals surface area contributed by atoms with Crippen LogP contribution in [0.25, 0.3) is 11.3 Å². The average molecular weight is 288 g/mol. The number of nitrogens with zero attached hydrogens (tertiary/aromatic N) is 1. The van der Waals surface area contributed by atoms with Crippen LogP contribution in [0, 0.1) is 13.8 Å². The van der Waals surface area contributed by atoms with Crippen molar-refractivity contribution in [2.24, 2.45) is 0 Å². The molecule has 0 bridgehead atoms. The van der Waals surface area contributed by atoms with Crippen LogP contribution in [0.3, 0.4) is 0 Å². The second-order valence-corrected chi connectivity index (χ2v) is 6.14. The molecule has 1 aromatic heterocycles. The van der Waals surface area contributed by atoms with E-state index >= 15 is 0 Å². The van der Waals surface area contributed by atoms with Gasteiger partial charge in [-0.25, -0.2) is 4.98 Å². The molecule has 2 rings (SSSR count). The SMILES string of the molecule is CCCCC(=O)Nc1nc(-c2ccc(C)cc2)c(C)s1. The van der Waals surface area contributed by atoms with Crippen molar-refractivity contribution in [2.75, 3.05) is 5.32 Å². The quantitative estimate of drug-likeness (QED) is 0.876. The van der Waals surface area contributed by atoms with Crippen molar-refractivity contribution in [2.45, 2.75) is 40.0 Å². The predicted molar refractivity (Wildman–Crippen MR) is 85.2 cm³/mol. The summed E-state index contributed by atoms with van der Waals surface area (Å²) in [6.45, 7) is 6.18. The first-order valence-corrected chi connectivity index (χ1v) is 7.76. The van der Waals surface area contributed by atoms with Gasteiger partial charge in [0, 0.05) is 16.9 Å². The van der Waals surface area contributed by atoms with Gasteiger partial charge in [-0.1, -0.05) is 43.2 Å². The molecule has 0 saturated carbocycles. The number of aryl methyl sites for hydroxylation is 2. The largest absolute Gasteiger partial charge is 0.302 e. The normalized spacial score (nSPS) is 10.6. The zero-order chi connectivity index (χ0) is 14.5. The Morgan fingerprint density at radius 3 is 2.60 bits per heavy atom. The molecule has 1 N–H and O–H groups in total. The van der Waals surface area contributed by atoms with Crippen LogP contribution >= 0.6 is 11.3 Å². The Morgan fingerprint density at radius 1 is 1.25 bits per heavy atom. The Kier molecular flexibility index (Phi) is 4.90. The van der Waals surface area contributed by atoms with E-state index in [1.54, 1.807) is 0 Å². The van der Waals surface area contributed by atoms with Gasteiger partial charge in [0.05, 0.1) is 5.69 Å². The number of nitrogens with one attached hydrogen (secondary N) is 1. The number of unbranched alkanes of at least 4 members (excludes halogenated alkanes) is 1. The van der Waals surface area contributed by atoms with Gasteiger partial charge in [-0.2, -0.15) is 0 Å². The van der Waals surface area contributed by atoms with Gasteiger partial charge in [-0.05, 0) is 20.3 Å². The molecule has 3 nitrogen and oxygen atoms in total. The molecule has 0 atom stereocenters. The fourth-order valence-electron chi connectivity index (χ4n) is 1.95. The molecule has 0 aliphatic heterocycles. The van der Waals surface area contributed by atoms with Crippen LogP contribution < -0.4 is 5.32 Å². The van der Waals surface area contributed by atoms with Crippen LogP contribution in [-0.2, 0) is 4.79 Å². The van der Waals surface area contributed by atoms with Gasteiger partial charge in [0.15, 0.2) is 5.13 Å². The van der Waals surface area contributed by atoms with Crippen molar-refractivity contribution in [3.63, 3.8) is 0 Å². The zero-order valence-electron chi connectivity index (χ0n) is 12.2. The average Bonchev–Trinajstić information content (AvgIpc) is 2.78. The fraction of sp³-hybridized carbons (Fsp3) is 0.375. The maximum Gasteiger partial charge on any atom is 0.226 e. The molecule has 2 aromatic rings. The van der Waals surface area contributed by atoms with Crippen molar-refractivity contribution in [1.82, 2.24) is 4.98 Å². The number of hydrogen-bond acceptors (Lipinski definition) is 3. The maximum absolute atomic E-state index is 11.7. The number of anilines is 1. The molecule has 1 amide bonds. The fourth-order valence-corrected chi connectivity index (χ4v) is 2.80. The lowest BCUT2D eigenvalue weighted by Gasteiger charge is -2.00. The highest BCUT2D eigenvalue weighted by Crippen LogP contribution is 2.30. The van der Waals surface area contributed by atoms with Crippen molar-refractivity contribution in [3.05, 3.63) is 34.7 Å². The summed E-state index contributed by atoms with van der Waals surface area (Å²) in [5.74, 6) is 0.0519. The minimum absolute atomic E-state index is 0.0519. The monoisotopic (exact) mass is 288 g/mol. The smallest absolute Gasteiger partial charge is 0.226 e. The highest BCUT2D eigenvalue weighted by molar-refractivity contribution is 7.16. The Labute approximate surface area is 124 Å². The summed E-state index contributed by atoms with van der Waals surface area (Å²) >= 11 is 1.53. The number of carbonyl (C=O) groups excluding carboxylic acids is 1. The maximum atomic E-state index is 11.7. The number of hydrogen-bond donors (Lipinski definition) is 1. The molecule has 4 heteroatoms. The van der Waals surface area contributed by atoms with Crippen LogP contribution in [0.15, 0.2) is 24.3 Å². The summed E-state index contributed by atoms with van der Waals surface area (Å²) in [5, 5.41) is 3.58. The van der Waals surface area contributed by atoms with Crippen LogP contribution in [0.2, 0.25) is 0 Å². The molecule has 0 unspecified atom stereocenters. The second kappa shape index (κ2) is 6.66. The minimum atomic E-state index is 0.0519. The van der Waals surface area contributed by atoms with Crippen molar-refractivity contribution in [1.29, 1.82) is 0 Å². The van der Waals surface area contributed by atoms with Gasteiger partial charge in [0.2, 0.25) is 5.91 Å². The van der Waals surface area contributed by atoms with Gasteiger partial charge < -0.3 is 5.32 Å². The Balaban J connectivity index is 2.13. The lowest BCUT2D eigenvalue weighted by atomic mass is 10.1. The van der Waals surface area contributed by atoms with E-state index in [9.17, 15) is 4.79 Å². The van der Waals surface area contributed by atoms with E-state index in [1.807, 2.05) is 6.92 Å². The number of thiazole rings is 1. The van der Waals surface area contributed by atoms with Crippen LogP contribution in [0.5, 0.6) is 0 Å². The molecule has 106 valence electrons. The molecule has 0 radical (unpaired) electrons. The van der Waals surface area contributed by atoms with E-state index in [0.717, 1.165) is 29.0 Å². The topological polar surface area (TPSA) is 42.0 Å². The molecular formula is C16H20N2OS. The lowest BCUT2D eigenvalue weighted by molar-refractivity contribution is -0.116. The number of carbonyl (C=O) groups is 1. The van der Waals surface area contributed by atoms with Gasteiger partial charge in [-0.3, -0.25) is 4.79 Å². The number of amides is 1.